The van der Waals surface area contributed by atoms with Gasteiger partial charge in [0.05, 0.1) is 0 Å². The number of likely N-dealkylation sites (N-methyl/N-ethyl adjacent to an activating group) is 1. The molecule has 1 rings (SSSR count). The van der Waals surface area contributed by atoms with Crippen molar-refractivity contribution in [3.8, 4) is 0 Å². The first kappa shape index (κ1) is 16.2. The standard InChI is InChI=1S/C17H30N2/c1-15(2)14-17-8-6-16(7-9-17)10-13-19(4)12-5-11-18-3/h6-9,15,18H,5,10-14H2,1-4H3. The van der Waals surface area contributed by atoms with Gasteiger partial charge in [0.1, 0.15) is 0 Å². The monoisotopic (exact) mass is 262 g/mol. The van der Waals surface area contributed by atoms with Crippen LogP contribution >= 0.6 is 0 Å². The summed E-state index contributed by atoms with van der Waals surface area (Å²) in [6, 6.07) is 9.16. The van der Waals surface area contributed by atoms with E-state index in [1.165, 1.54) is 30.5 Å². The number of nitrogens with one attached hydrogen (secondary N) is 1. The second-order valence-corrected chi connectivity index (χ2v) is 5.92. The lowest BCUT2D eigenvalue weighted by Gasteiger charge is -2.16. The van der Waals surface area contributed by atoms with Crippen LogP contribution in [-0.2, 0) is 12.8 Å². The second-order valence-electron chi connectivity index (χ2n) is 5.92. The van der Waals surface area contributed by atoms with Crippen LogP contribution in [0.15, 0.2) is 24.3 Å². The Balaban J connectivity index is 2.29. The molecule has 1 aromatic rings. The number of rotatable bonds is 9. The molecule has 2 heteroatoms. The summed E-state index contributed by atoms with van der Waals surface area (Å²) in [6.45, 7) is 7.97. The van der Waals surface area contributed by atoms with Gasteiger partial charge in [0.25, 0.3) is 0 Å². The van der Waals surface area contributed by atoms with E-state index >= 15 is 0 Å². The van der Waals surface area contributed by atoms with E-state index in [9.17, 15) is 0 Å². The Kier molecular flexibility index (Phi) is 7.76. The summed E-state index contributed by atoms with van der Waals surface area (Å²) < 4.78 is 0. The van der Waals surface area contributed by atoms with Gasteiger partial charge in [-0.05, 0) is 63.5 Å². The van der Waals surface area contributed by atoms with Crippen LogP contribution in [0.2, 0.25) is 0 Å². The number of benzene rings is 1. The number of hydrogen-bond donors (Lipinski definition) is 1. The predicted molar refractivity (Wildman–Crippen MR) is 84.7 cm³/mol. The maximum Gasteiger partial charge on any atom is 0.00188 e. The molecule has 1 aromatic carbocycles. The zero-order chi connectivity index (χ0) is 14.1. The molecule has 2 nitrogen and oxygen atoms in total. The average Bonchev–Trinajstić information content (AvgIpc) is 2.37. The van der Waals surface area contributed by atoms with Crippen LogP contribution in [0, 0.1) is 5.92 Å². The maximum atomic E-state index is 3.19. The minimum absolute atomic E-state index is 0.740. The molecule has 108 valence electrons. The summed E-state index contributed by atoms with van der Waals surface area (Å²) in [5.41, 5.74) is 2.91. The highest BCUT2D eigenvalue weighted by Crippen LogP contribution is 2.10. The lowest BCUT2D eigenvalue weighted by atomic mass is 10.0. The molecule has 0 amide bonds. The molecule has 0 spiro atoms. The first-order valence-corrected chi connectivity index (χ1v) is 7.52. The summed E-state index contributed by atoms with van der Waals surface area (Å²) in [5, 5.41) is 3.19. The van der Waals surface area contributed by atoms with E-state index in [2.05, 4.69) is 55.4 Å². The SMILES string of the molecule is CNCCCN(C)CCc1ccc(CC(C)C)cc1. The smallest absolute Gasteiger partial charge is 0.00188 e. The van der Waals surface area contributed by atoms with Gasteiger partial charge < -0.3 is 10.2 Å². The van der Waals surface area contributed by atoms with Gasteiger partial charge in [0.2, 0.25) is 0 Å². The fourth-order valence-corrected chi connectivity index (χ4v) is 2.27. The van der Waals surface area contributed by atoms with Crippen LogP contribution in [0.3, 0.4) is 0 Å². The summed E-state index contributed by atoms with van der Waals surface area (Å²) in [6.07, 6.45) is 3.56. The number of nitrogens with zero attached hydrogens (tertiary/aromatic N) is 1. The molecule has 19 heavy (non-hydrogen) atoms. The molecule has 0 aliphatic heterocycles. The second kappa shape index (κ2) is 9.11. The summed E-state index contributed by atoms with van der Waals surface area (Å²) in [7, 11) is 4.22. The summed E-state index contributed by atoms with van der Waals surface area (Å²) in [4.78, 5) is 2.42. The molecule has 0 aliphatic carbocycles. The average molecular weight is 262 g/mol. The third-order valence-electron chi connectivity index (χ3n) is 3.42. The molecule has 0 heterocycles. The molecule has 0 atom stereocenters. The van der Waals surface area contributed by atoms with E-state index in [-0.39, 0.29) is 0 Å². The highest BCUT2D eigenvalue weighted by atomic mass is 15.1. The van der Waals surface area contributed by atoms with Crippen molar-refractivity contribution in [1.82, 2.24) is 10.2 Å². The molecule has 0 saturated carbocycles. The highest BCUT2D eigenvalue weighted by molar-refractivity contribution is 5.23. The van der Waals surface area contributed by atoms with Gasteiger partial charge in [0, 0.05) is 6.54 Å². The normalized spacial score (nSPS) is 11.5. The van der Waals surface area contributed by atoms with Gasteiger partial charge in [-0.1, -0.05) is 38.1 Å². The van der Waals surface area contributed by atoms with Gasteiger partial charge in [-0.25, -0.2) is 0 Å². The first-order chi connectivity index (χ1) is 9.11. The Labute approximate surface area is 119 Å². The topological polar surface area (TPSA) is 15.3 Å². The Morgan fingerprint density at radius 1 is 1.05 bits per heavy atom. The molecule has 0 saturated heterocycles. The van der Waals surface area contributed by atoms with E-state index < -0.39 is 0 Å². The van der Waals surface area contributed by atoms with Gasteiger partial charge in [-0.2, -0.15) is 0 Å². The van der Waals surface area contributed by atoms with Crippen molar-refractivity contribution in [3.05, 3.63) is 35.4 Å². The van der Waals surface area contributed by atoms with E-state index in [0.29, 0.717) is 0 Å². The molecule has 1 N–H and O–H groups in total. The van der Waals surface area contributed by atoms with Gasteiger partial charge in [-0.15, -0.1) is 0 Å². The third kappa shape index (κ3) is 7.34. The highest BCUT2D eigenvalue weighted by Gasteiger charge is 2.01. The van der Waals surface area contributed by atoms with E-state index in [0.717, 1.165) is 25.4 Å². The fraction of sp³-hybridized carbons (Fsp3) is 0.647. The quantitative estimate of drug-likeness (QED) is 0.688. The van der Waals surface area contributed by atoms with E-state index in [4.69, 9.17) is 0 Å². The molecule has 0 radical (unpaired) electrons. The summed E-state index contributed by atoms with van der Waals surface area (Å²) in [5.74, 6) is 0.740. The molecule has 0 unspecified atom stereocenters. The molecule has 0 aromatic heterocycles. The predicted octanol–water partition coefficient (Wildman–Crippen LogP) is 2.97. The largest absolute Gasteiger partial charge is 0.320 e. The lowest BCUT2D eigenvalue weighted by molar-refractivity contribution is 0.332. The van der Waals surface area contributed by atoms with Crippen LogP contribution in [0.25, 0.3) is 0 Å². The van der Waals surface area contributed by atoms with Crippen molar-refractivity contribution < 1.29 is 0 Å². The number of hydrogen-bond acceptors (Lipinski definition) is 2. The first-order valence-electron chi connectivity index (χ1n) is 7.52. The minimum atomic E-state index is 0.740. The van der Waals surface area contributed by atoms with Crippen molar-refractivity contribution in [2.24, 2.45) is 5.92 Å². The van der Waals surface area contributed by atoms with Crippen molar-refractivity contribution >= 4 is 0 Å². The van der Waals surface area contributed by atoms with Crippen molar-refractivity contribution in [2.75, 3.05) is 33.7 Å². The molecule has 0 aliphatic rings. The van der Waals surface area contributed by atoms with Crippen molar-refractivity contribution in [3.63, 3.8) is 0 Å². The van der Waals surface area contributed by atoms with Gasteiger partial charge in [0.15, 0.2) is 0 Å². The maximum absolute atomic E-state index is 3.19. The Bertz CT molecular complexity index is 330. The molecule has 0 bridgehead atoms. The summed E-state index contributed by atoms with van der Waals surface area (Å²) >= 11 is 0. The van der Waals surface area contributed by atoms with E-state index in [1.807, 2.05) is 7.05 Å². The Morgan fingerprint density at radius 3 is 2.26 bits per heavy atom. The van der Waals surface area contributed by atoms with Gasteiger partial charge >= 0.3 is 0 Å². The zero-order valence-electron chi connectivity index (χ0n) is 13.1. The van der Waals surface area contributed by atoms with Crippen molar-refractivity contribution in [2.45, 2.75) is 33.1 Å². The van der Waals surface area contributed by atoms with Crippen LogP contribution in [0.4, 0.5) is 0 Å². The van der Waals surface area contributed by atoms with Gasteiger partial charge in [-0.3, -0.25) is 0 Å². The van der Waals surface area contributed by atoms with Crippen molar-refractivity contribution in [1.29, 1.82) is 0 Å². The molecule has 0 fully saturated rings. The fourth-order valence-electron chi connectivity index (χ4n) is 2.27. The molecular formula is C17H30N2. The lowest BCUT2D eigenvalue weighted by Crippen LogP contribution is -2.24. The van der Waals surface area contributed by atoms with Crippen LogP contribution in [-0.4, -0.2) is 38.6 Å². The Morgan fingerprint density at radius 2 is 1.68 bits per heavy atom. The third-order valence-corrected chi connectivity index (χ3v) is 3.42. The van der Waals surface area contributed by atoms with Crippen LogP contribution in [0.5, 0.6) is 0 Å². The van der Waals surface area contributed by atoms with Crippen LogP contribution < -0.4 is 5.32 Å². The minimum Gasteiger partial charge on any atom is -0.320 e. The molecular weight excluding hydrogens is 232 g/mol. The van der Waals surface area contributed by atoms with Crippen LogP contribution in [0.1, 0.15) is 31.4 Å². The Hall–Kier alpha value is -0.860. The zero-order valence-corrected chi connectivity index (χ0v) is 13.1. The van der Waals surface area contributed by atoms with E-state index in [1.54, 1.807) is 0 Å².